The van der Waals surface area contributed by atoms with E-state index in [9.17, 15) is 19.2 Å². The molecule has 2 aliphatic heterocycles. The Kier molecular flexibility index (Phi) is 5.22. The minimum absolute atomic E-state index is 0.201. The summed E-state index contributed by atoms with van der Waals surface area (Å²) in [5.74, 6) is -2.53. The maximum Gasteiger partial charge on any atom is 0.285 e. The maximum atomic E-state index is 12.8. The molecule has 0 N–H and O–H groups in total. The van der Waals surface area contributed by atoms with Gasteiger partial charge in [0.25, 0.3) is 23.6 Å². The number of imide groups is 2. The van der Waals surface area contributed by atoms with Crippen molar-refractivity contribution in [2.75, 3.05) is 6.61 Å². The summed E-state index contributed by atoms with van der Waals surface area (Å²) in [6, 6.07) is 20.9. The van der Waals surface area contributed by atoms with Gasteiger partial charge in [-0.2, -0.15) is 5.26 Å². The lowest BCUT2D eigenvalue weighted by Gasteiger charge is -2.24. The van der Waals surface area contributed by atoms with Gasteiger partial charge in [0.1, 0.15) is 12.7 Å². The largest absolute Gasteiger partial charge is 0.285 e. The normalized spacial score (nSPS) is 15.4. The molecule has 0 aliphatic carbocycles. The van der Waals surface area contributed by atoms with Crippen LogP contribution in [0.4, 0.5) is 0 Å². The smallest absolute Gasteiger partial charge is 0.266 e. The number of nitrogens with zero attached hydrogens (tertiary/aromatic N) is 3. The second-order valence-corrected chi connectivity index (χ2v) is 7.52. The van der Waals surface area contributed by atoms with Crippen LogP contribution in [0.2, 0.25) is 0 Å². The van der Waals surface area contributed by atoms with Crippen molar-refractivity contribution in [1.29, 1.82) is 5.26 Å². The Labute approximate surface area is 193 Å². The van der Waals surface area contributed by atoms with E-state index in [0.717, 1.165) is 0 Å². The van der Waals surface area contributed by atoms with Crippen molar-refractivity contribution in [1.82, 2.24) is 10.1 Å². The van der Waals surface area contributed by atoms with Crippen molar-refractivity contribution in [2.24, 2.45) is 0 Å². The molecule has 1 unspecified atom stereocenters. The van der Waals surface area contributed by atoms with E-state index in [0.29, 0.717) is 21.3 Å². The first-order chi connectivity index (χ1) is 16.5. The molecular weight excluding hydrogens is 438 g/mol. The highest BCUT2D eigenvalue weighted by molar-refractivity contribution is 6.21. The summed E-state index contributed by atoms with van der Waals surface area (Å²) in [7, 11) is 0. The predicted molar refractivity (Wildman–Crippen MR) is 115 cm³/mol. The van der Waals surface area contributed by atoms with Gasteiger partial charge in [-0.25, -0.2) is 0 Å². The Morgan fingerprint density at radius 2 is 1.12 bits per heavy atom. The van der Waals surface area contributed by atoms with Crippen molar-refractivity contribution >= 4 is 23.6 Å². The Balaban J connectivity index is 1.40. The summed E-state index contributed by atoms with van der Waals surface area (Å²) >= 11 is 0. The topological polar surface area (TPSA) is 117 Å². The molecule has 0 fully saturated rings. The number of nitriles is 1. The van der Waals surface area contributed by atoms with Crippen LogP contribution in [-0.4, -0.2) is 40.4 Å². The maximum absolute atomic E-state index is 12.8. The fourth-order valence-electron chi connectivity index (χ4n) is 3.78. The second kappa shape index (κ2) is 8.37. The predicted octanol–water partition coefficient (Wildman–Crippen LogP) is 3.05. The number of hydroxylamine groups is 4. The van der Waals surface area contributed by atoms with Gasteiger partial charge in [-0.1, -0.05) is 36.4 Å². The molecule has 0 aromatic heterocycles. The van der Waals surface area contributed by atoms with Gasteiger partial charge >= 0.3 is 0 Å². The van der Waals surface area contributed by atoms with Crippen LogP contribution in [0.15, 0.2) is 72.8 Å². The van der Waals surface area contributed by atoms with E-state index in [-0.39, 0.29) is 28.9 Å². The second-order valence-electron chi connectivity index (χ2n) is 7.52. The van der Waals surface area contributed by atoms with Gasteiger partial charge in [0.05, 0.1) is 33.9 Å². The van der Waals surface area contributed by atoms with Crippen LogP contribution in [0.1, 0.15) is 58.7 Å². The average molecular weight is 453 g/mol. The number of carbonyl (C=O) groups excluding carboxylic acids is 4. The molecule has 3 aromatic carbocycles. The van der Waals surface area contributed by atoms with Gasteiger partial charge in [-0.3, -0.25) is 28.9 Å². The molecule has 0 bridgehead atoms. The first-order valence-electron chi connectivity index (χ1n) is 10.2. The van der Waals surface area contributed by atoms with Crippen molar-refractivity contribution in [3.63, 3.8) is 0 Å². The monoisotopic (exact) mass is 453 g/mol. The summed E-state index contributed by atoms with van der Waals surface area (Å²) in [5.41, 5.74) is 1.68. The fraction of sp³-hybridized carbons (Fsp3) is 0.0800. The van der Waals surface area contributed by atoms with Crippen LogP contribution >= 0.6 is 0 Å². The molecule has 0 saturated carbocycles. The van der Waals surface area contributed by atoms with Crippen molar-refractivity contribution < 1.29 is 28.9 Å². The number of rotatable bonds is 6. The summed E-state index contributed by atoms with van der Waals surface area (Å²) in [4.78, 5) is 62.1. The van der Waals surface area contributed by atoms with Crippen LogP contribution in [0.25, 0.3) is 0 Å². The minimum Gasteiger partial charge on any atom is -0.266 e. The summed E-state index contributed by atoms with van der Waals surface area (Å²) in [5, 5.41) is 10.3. The molecule has 5 rings (SSSR count). The summed E-state index contributed by atoms with van der Waals surface area (Å²) in [6.45, 7) is -0.370. The fourth-order valence-corrected chi connectivity index (χ4v) is 3.78. The molecule has 1 atom stereocenters. The third-order valence-electron chi connectivity index (χ3n) is 5.51. The van der Waals surface area contributed by atoms with Gasteiger partial charge < -0.3 is 0 Å². The number of hydrogen-bond donors (Lipinski definition) is 0. The van der Waals surface area contributed by atoms with E-state index < -0.39 is 29.7 Å². The summed E-state index contributed by atoms with van der Waals surface area (Å²) < 4.78 is 0. The molecular formula is C25H15N3O6. The number of amides is 4. The third-order valence-corrected chi connectivity index (χ3v) is 5.51. The summed E-state index contributed by atoms with van der Waals surface area (Å²) in [6.07, 6.45) is -1.06. The number of fused-ring (bicyclic) bond motifs is 2. The molecule has 3 aromatic rings. The van der Waals surface area contributed by atoms with Crippen LogP contribution in [-0.2, 0) is 9.68 Å². The van der Waals surface area contributed by atoms with Crippen LogP contribution < -0.4 is 0 Å². The SMILES string of the molecule is N#Cc1ccc(C(CON2C(=O)c3ccccc3C2=O)ON2C(=O)c3ccccc3C2=O)cc1. The third kappa shape index (κ3) is 3.44. The van der Waals surface area contributed by atoms with E-state index in [1.807, 2.05) is 6.07 Å². The van der Waals surface area contributed by atoms with Gasteiger partial charge in [0.15, 0.2) is 0 Å². The van der Waals surface area contributed by atoms with Gasteiger partial charge in [0, 0.05) is 0 Å². The zero-order chi connectivity index (χ0) is 23.8. The quantitative estimate of drug-likeness (QED) is 0.527. The Morgan fingerprint density at radius 1 is 0.676 bits per heavy atom. The molecule has 0 radical (unpaired) electrons. The van der Waals surface area contributed by atoms with Gasteiger partial charge in [-0.05, 0) is 42.0 Å². The zero-order valence-electron chi connectivity index (χ0n) is 17.5. The van der Waals surface area contributed by atoms with Crippen LogP contribution in [0.5, 0.6) is 0 Å². The van der Waals surface area contributed by atoms with Gasteiger partial charge in [0.2, 0.25) is 0 Å². The molecule has 0 saturated heterocycles. The Morgan fingerprint density at radius 3 is 1.56 bits per heavy atom. The first kappa shape index (κ1) is 21.2. The highest BCUT2D eigenvalue weighted by Crippen LogP contribution is 2.29. The molecule has 9 nitrogen and oxygen atoms in total. The zero-order valence-corrected chi connectivity index (χ0v) is 17.5. The first-order valence-corrected chi connectivity index (χ1v) is 10.2. The van der Waals surface area contributed by atoms with Gasteiger partial charge in [-0.15, -0.1) is 10.1 Å². The highest BCUT2D eigenvalue weighted by Gasteiger charge is 2.40. The van der Waals surface area contributed by atoms with Crippen LogP contribution in [0.3, 0.4) is 0 Å². The standard InChI is InChI=1S/C25H15N3O6/c26-13-15-9-11-16(12-10-15)21(34-28-24(31)19-7-3-4-8-20(19)25(28)32)14-33-27-22(29)17-5-1-2-6-18(17)23(27)30/h1-12,21H,14H2. The average Bonchev–Trinajstić information content (AvgIpc) is 3.27. The molecule has 34 heavy (non-hydrogen) atoms. The lowest BCUT2D eigenvalue weighted by molar-refractivity contribution is -0.184. The molecule has 166 valence electrons. The van der Waals surface area contributed by atoms with Crippen molar-refractivity contribution in [3.8, 4) is 6.07 Å². The van der Waals surface area contributed by atoms with Crippen LogP contribution in [0, 0.1) is 11.3 Å². The van der Waals surface area contributed by atoms with E-state index in [2.05, 4.69) is 0 Å². The molecule has 0 spiro atoms. The lowest BCUT2D eigenvalue weighted by Crippen LogP contribution is -2.36. The molecule has 4 amide bonds. The van der Waals surface area contributed by atoms with E-state index in [1.165, 1.54) is 36.4 Å². The van der Waals surface area contributed by atoms with E-state index in [1.54, 1.807) is 36.4 Å². The van der Waals surface area contributed by atoms with E-state index in [4.69, 9.17) is 14.9 Å². The van der Waals surface area contributed by atoms with Crippen molar-refractivity contribution in [2.45, 2.75) is 6.10 Å². The number of benzene rings is 3. The molecule has 2 aliphatic rings. The highest BCUT2D eigenvalue weighted by atomic mass is 16.7. The minimum atomic E-state index is -1.06. The molecule has 9 heteroatoms. The number of carbonyl (C=O) groups is 4. The molecule has 2 heterocycles. The van der Waals surface area contributed by atoms with Crippen molar-refractivity contribution in [3.05, 3.63) is 106 Å². The van der Waals surface area contributed by atoms with E-state index >= 15 is 0 Å². The number of hydrogen-bond acceptors (Lipinski definition) is 7. The Bertz CT molecular complexity index is 1320. The lowest BCUT2D eigenvalue weighted by atomic mass is 10.1. The Hall–Kier alpha value is -4.65.